The molecule has 5 nitrogen and oxygen atoms in total. The maximum atomic E-state index is 11.8. The SMILES string of the molecule is Cc1cc(S[C@H](C[C@H]2COC(C)(C)N2C(=O)O)c2ccccc2)c(C#N)s1. The van der Waals surface area contributed by atoms with E-state index in [1.165, 1.54) is 16.2 Å². The van der Waals surface area contributed by atoms with Gasteiger partial charge < -0.3 is 9.84 Å². The van der Waals surface area contributed by atoms with E-state index >= 15 is 0 Å². The normalized spacial score (nSPS) is 19.6. The van der Waals surface area contributed by atoms with Gasteiger partial charge >= 0.3 is 6.09 Å². The largest absolute Gasteiger partial charge is 0.465 e. The van der Waals surface area contributed by atoms with Gasteiger partial charge in [0.1, 0.15) is 16.7 Å². The van der Waals surface area contributed by atoms with Crippen LogP contribution in [0, 0.1) is 18.3 Å². The molecule has 1 aromatic heterocycles. The number of ether oxygens (including phenoxy) is 1. The number of thiophene rings is 1. The quantitative estimate of drug-likeness (QED) is 0.690. The molecule has 0 radical (unpaired) electrons. The Kier molecular flexibility index (Phi) is 5.80. The summed E-state index contributed by atoms with van der Waals surface area (Å²) in [7, 11) is 0. The highest BCUT2D eigenvalue weighted by molar-refractivity contribution is 7.99. The summed E-state index contributed by atoms with van der Waals surface area (Å²) >= 11 is 3.12. The second-order valence-electron chi connectivity index (χ2n) is 6.98. The van der Waals surface area contributed by atoms with Gasteiger partial charge in [0.05, 0.1) is 12.6 Å². The zero-order valence-electron chi connectivity index (χ0n) is 15.5. The highest BCUT2D eigenvalue weighted by Crippen LogP contribution is 2.44. The van der Waals surface area contributed by atoms with Crippen LogP contribution in [0.1, 0.15) is 40.8 Å². The Hall–Kier alpha value is -2.01. The highest BCUT2D eigenvalue weighted by atomic mass is 32.2. The van der Waals surface area contributed by atoms with Crippen LogP contribution in [0.5, 0.6) is 0 Å². The molecule has 1 aromatic carbocycles. The fourth-order valence-corrected chi connectivity index (χ4v) is 5.78. The molecule has 1 aliphatic heterocycles. The van der Waals surface area contributed by atoms with E-state index in [2.05, 4.69) is 18.2 Å². The minimum atomic E-state index is -0.969. The lowest BCUT2D eigenvalue weighted by Gasteiger charge is -2.32. The number of thioether (sulfide) groups is 1. The zero-order chi connectivity index (χ0) is 19.6. The van der Waals surface area contributed by atoms with E-state index in [9.17, 15) is 15.2 Å². The third-order valence-electron chi connectivity index (χ3n) is 4.63. The topological polar surface area (TPSA) is 73.6 Å². The molecule has 0 aliphatic carbocycles. The van der Waals surface area contributed by atoms with E-state index in [1.807, 2.05) is 31.2 Å². The first-order chi connectivity index (χ1) is 12.8. The Balaban J connectivity index is 1.89. The minimum Gasteiger partial charge on any atom is -0.465 e. The molecule has 0 bridgehead atoms. The van der Waals surface area contributed by atoms with Gasteiger partial charge in [-0.1, -0.05) is 30.3 Å². The van der Waals surface area contributed by atoms with Crippen molar-refractivity contribution in [3.63, 3.8) is 0 Å². The Morgan fingerprint density at radius 2 is 2.19 bits per heavy atom. The lowest BCUT2D eigenvalue weighted by Crippen LogP contribution is -2.47. The number of benzene rings is 1. The molecular weight excluding hydrogens is 380 g/mol. The van der Waals surface area contributed by atoms with Crippen molar-refractivity contribution in [3.05, 3.63) is 51.7 Å². The van der Waals surface area contributed by atoms with Crippen LogP contribution < -0.4 is 0 Å². The van der Waals surface area contributed by atoms with E-state index in [4.69, 9.17) is 4.74 Å². The van der Waals surface area contributed by atoms with E-state index in [1.54, 1.807) is 25.6 Å². The van der Waals surface area contributed by atoms with Crippen LogP contribution in [0.4, 0.5) is 4.79 Å². The van der Waals surface area contributed by atoms with Crippen LogP contribution in [-0.4, -0.2) is 34.5 Å². The molecule has 1 N–H and O–H groups in total. The summed E-state index contributed by atoms with van der Waals surface area (Å²) in [5.74, 6) is 0. The van der Waals surface area contributed by atoms with Crippen molar-refractivity contribution in [2.75, 3.05) is 6.61 Å². The van der Waals surface area contributed by atoms with Crippen LogP contribution in [0.3, 0.4) is 0 Å². The van der Waals surface area contributed by atoms with Crippen molar-refractivity contribution in [1.82, 2.24) is 4.90 Å². The van der Waals surface area contributed by atoms with E-state index in [0.29, 0.717) is 17.9 Å². The summed E-state index contributed by atoms with van der Waals surface area (Å²) in [6, 6.07) is 14.1. The van der Waals surface area contributed by atoms with Crippen molar-refractivity contribution in [2.45, 2.75) is 49.1 Å². The van der Waals surface area contributed by atoms with Gasteiger partial charge in [-0.15, -0.1) is 23.1 Å². The molecule has 0 spiro atoms. The van der Waals surface area contributed by atoms with Crippen molar-refractivity contribution in [1.29, 1.82) is 5.26 Å². The maximum Gasteiger partial charge on any atom is 0.409 e. The summed E-state index contributed by atoms with van der Waals surface area (Å²) in [6.45, 7) is 5.92. The van der Waals surface area contributed by atoms with Crippen LogP contribution in [-0.2, 0) is 4.74 Å². The number of hydrogen-bond acceptors (Lipinski definition) is 5. The van der Waals surface area contributed by atoms with Gasteiger partial charge in [-0.25, -0.2) is 4.79 Å². The second-order valence-corrected chi connectivity index (χ2v) is 9.48. The smallest absolute Gasteiger partial charge is 0.409 e. The molecule has 27 heavy (non-hydrogen) atoms. The van der Waals surface area contributed by atoms with Gasteiger partial charge in [0.25, 0.3) is 0 Å². The van der Waals surface area contributed by atoms with Gasteiger partial charge in [0.2, 0.25) is 0 Å². The lowest BCUT2D eigenvalue weighted by molar-refractivity contribution is -0.0421. The number of nitriles is 1. The van der Waals surface area contributed by atoms with Crippen LogP contribution in [0.2, 0.25) is 0 Å². The number of hydrogen-bond donors (Lipinski definition) is 1. The molecule has 142 valence electrons. The van der Waals surface area contributed by atoms with Gasteiger partial charge in [-0.2, -0.15) is 5.26 Å². The fraction of sp³-hybridized carbons (Fsp3) is 0.400. The number of carboxylic acid groups (broad SMARTS) is 1. The lowest BCUT2D eigenvalue weighted by atomic mass is 10.0. The van der Waals surface area contributed by atoms with Gasteiger partial charge in [0, 0.05) is 15.0 Å². The van der Waals surface area contributed by atoms with Crippen molar-refractivity contribution in [3.8, 4) is 6.07 Å². The summed E-state index contributed by atoms with van der Waals surface area (Å²) in [4.78, 5) is 16.0. The van der Waals surface area contributed by atoms with E-state index < -0.39 is 11.8 Å². The first kappa shape index (κ1) is 19.7. The first-order valence-corrected chi connectivity index (χ1v) is 10.4. The average molecular weight is 403 g/mol. The molecule has 3 rings (SSSR count). The summed E-state index contributed by atoms with van der Waals surface area (Å²) in [6.07, 6.45) is -0.354. The van der Waals surface area contributed by atoms with Crippen molar-refractivity contribution in [2.24, 2.45) is 0 Å². The average Bonchev–Trinajstić information content (AvgIpc) is 3.13. The van der Waals surface area contributed by atoms with E-state index in [0.717, 1.165) is 15.3 Å². The Bertz CT molecular complexity index is 858. The van der Waals surface area contributed by atoms with Crippen LogP contribution >= 0.6 is 23.1 Å². The van der Waals surface area contributed by atoms with Gasteiger partial charge in [0.15, 0.2) is 0 Å². The predicted molar refractivity (Wildman–Crippen MR) is 107 cm³/mol. The fourth-order valence-electron chi connectivity index (χ4n) is 3.42. The molecule has 7 heteroatoms. The maximum absolute atomic E-state index is 11.8. The monoisotopic (exact) mass is 402 g/mol. The zero-order valence-corrected chi connectivity index (χ0v) is 17.1. The third kappa shape index (κ3) is 4.29. The van der Waals surface area contributed by atoms with Gasteiger partial charge in [-0.3, -0.25) is 4.90 Å². The number of nitrogens with zero attached hydrogens (tertiary/aromatic N) is 2. The van der Waals surface area contributed by atoms with Crippen molar-refractivity contribution < 1.29 is 14.6 Å². The molecule has 1 fully saturated rings. The number of carbonyl (C=O) groups is 1. The Labute approximate surface area is 167 Å². The predicted octanol–water partition coefficient (Wildman–Crippen LogP) is 5.27. The third-order valence-corrected chi connectivity index (χ3v) is 7.04. The molecule has 1 saturated heterocycles. The molecule has 1 amide bonds. The van der Waals surface area contributed by atoms with Gasteiger partial charge in [-0.05, 0) is 38.8 Å². The number of amides is 1. The van der Waals surface area contributed by atoms with Crippen LogP contribution in [0.25, 0.3) is 0 Å². The van der Waals surface area contributed by atoms with Crippen LogP contribution in [0.15, 0.2) is 41.3 Å². The molecule has 2 heterocycles. The highest BCUT2D eigenvalue weighted by Gasteiger charge is 2.44. The second kappa shape index (κ2) is 7.93. The summed E-state index contributed by atoms with van der Waals surface area (Å²) in [5, 5.41) is 19.1. The number of aryl methyl sites for hydroxylation is 1. The Morgan fingerprint density at radius 3 is 2.81 bits per heavy atom. The number of rotatable bonds is 5. The molecular formula is C20H22N2O3S2. The summed E-state index contributed by atoms with van der Waals surface area (Å²) in [5.41, 5.74) is 0.282. The Morgan fingerprint density at radius 1 is 1.48 bits per heavy atom. The molecule has 2 aromatic rings. The first-order valence-electron chi connectivity index (χ1n) is 8.70. The summed E-state index contributed by atoms with van der Waals surface area (Å²) < 4.78 is 5.75. The molecule has 2 atom stereocenters. The molecule has 0 saturated carbocycles. The van der Waals surface area contributed by atoms with Crippen molar-refractivity contribution >= 4 is 29.2 Å². The molecule has 0 unspecified atom stereocenters. The molecule has 1 aliphatic rings. The van der Waals surface area contributed by atoms with E-state index in [-0.39, 0.29) is 11.3 Å². The minimum absolute atomic E-state index is 0.0247. The standard InChI is InChI=1S/C20H22N2O3S2/c1-13-9-17(18(11-21)26-13)27-16(14-7-5-4-6-8-14)10-15-12-25-20(2,3)22(15)19(23)24/h4-9,15-16H,10,12H2,1-3H3,(H,23,24)/t15-,16+/m0/s1.